The van der Waals surface area contributed by atoms with E-state index in [2.05, 4.69) is 5.32 Å². The van der Waals surface area contributed by atoms with Gasteiger partial charge in [-0.15, -0.1) is 0 Å². The molecule has 158 valence electrons. The molecule has 7 nitrogen and oxygen atoms in total. The van der Waals surface area contributed by atoms with Crippen LogP contribution in [0.1, 0.15) is 72.1 Å². The van der Waals surface area contributed by atoms with Crippen molar-refractivity contribution in [3.8, 4) is 5.75 Å². The summed E-state index contributed by atoms with van der Waals surface area (Å²) in [6.07, 6.45) is 6.96. The molecular weight excluding hydrogens is 386 g/mol. The molecule has 0 bridgehead atoms. The highest BCUT2D eigenvalue weighted by molar-refractivity contribution is 6.25. The topological polar surface area (TPSA) is 107 Å². The largest absolute Gasteiger partial charge is 0.493 e. The molecule has 1 aliphatic heterocycles. The van der Waals surface area contributed by atoms with Gasteiger partial charge in [0, 0.05) is 29.9 Å². The van der Waals surface area contributed by atoms with E-state index >= 15 is 0 Å². The Morgan fingerprint density at radius 2 is 1.87 bits per heavy atom. The first-order chi connectivity index (χ1) is 14.5. The summed E-state index contributed by atoms with van der Waals surface area (Å²) in [6, 6.07) is 4.95. The molecule has 0 saturated carbocycles. The first kappa shape index (κ1) is 21.6. The molecule has 1 aliphatic carbocycles. The number of piperidine rings is 1. The van der Waals surface area contributed by atoms with Crippen molar-refractivity contribution in [1.29, 1.82) is 0 Å². The second-order valence-electron chi connectivity index (χ2n) is 7.61. The zero-order valence-corrected chi connectivity index (χ0v) is 16.8. The van der Waals surface area contributed by atoms with Gasteiger partial charge in [0.1, 0.15) is 12.0 Å². The normalized spacial score (nSPS) is 18.5. The van der Waals surface area contributed by atoms with E-state index in [-0.39, 0.29) is 41.5 Å². The Hall–Kier alpha value is -3.09. The van der Waals surface area contributed by atoms with Crippen LogP contribution in [0.5, 0.6) is 5.75 Å². The molecule has 1 aromatic rings. The highest BCUT2D eigenvalue weighted by Crippen LogP contribution is 2.33. The van der Waals surface area contributed by atoms with E-state index in [1.54, 1.807) is 18.2 Å². The minimum Gasteiger partial charge on any atom is -0.493 e. The number of carbonyl (C=O) groups is 5. The van der Waals surface area contributed by atoms with Crippen LogP contribution in [-0.4, -0.2) is 36.3 Å². The minimum absolute atomic E-state index is 0.119. The van der Waals surface area contributed by atoms with Crippen molar-refractivity contribution in [2.45, 2.75) is 51.4 Å². The number of amides is 2. The van der Waals surface area contributed by atoms with E-state index in [9.17, 15) is 24.0 Å². The Morgan fingerprint density at radius 1 is 1.07 bits per heavy atom. The monoisotopic (exact) mass is 411 g/mol. The van der Waals surface area contributed by atoms with Gasteiger partial charge in [0.15, 0.2) is 11.6 Å². The Bertz CT molecular complexity index is 901. The number of allylic oxidation sites excluding steroid dienone is 2. The van der Waals surface area contributed by atoms with Crippen molar-refractivity contribution in [3.05, 3.63) is 41.0 Å². The standard InChI is InChI=1S/C23H25NO6/c25-11-4-2-1-3-5-12-30-19-8-6-7-17-18(26)14-16(22(28)21(17)19)13-15-9-10-20(27)24-23(15)29/h6-8,11,14-15H,1-5,9-10,12-13H2,(H,24,27,29). The third kappa shape index (κ3) is 5.09. The maximum atomic E-state index is 13.1. The van der Waals surface area contributed by atoms with Crippen molar-refractivity contribution in [1.82, 2.24) is 5.32 Å². The molecule has 0 radical (unpaired) electrons. The fraction of sp³-hybridized carbons (Fsp3) is 0.435. The number of rotatable bonds is 10. The lowest BCUT2D eigenvalue weighted by Gasteiger charge is -2.24. The Labute approximate surface area is 174 Å². The summed E-state index contributed by atoms with van der Waals surface area (Å²) in [7, 11) is 0. The average molecular weight is 411 g/mol. The number of imide groups is 1. The van der Waals surface area contributed by atoms with Gasteiger partial charge in [0.05, 0.1) is 12.2 Å². The van der Waals surface area contributed by atoms with Gasteiger partial charge in [-0.3, -0.25) is 24.5 Å². The summed E-state index contributed by atoms with van der Waals surface area (Å²) in [4.78, 5) is 59.4. The second-order valence-corrected chi connectivity index (χ2v) is 7.61. The molecule has 30 heavy (non-hydrogen) atoms. The number of hydrogen-bond donors (Lipinski definition) is 1. The lowest BCUT2D eigenvalue weighted by molar-refractivity contribution is -0.136. The van der Waals surface area contributed by atoms with E-state index < -0.39 is 11.8 Å². The van der Waals surface area contributed by atoms with Crippen LogP contribution in [0, 0.1) is 5.92 Å². The van der Waals surface area contributed by atoms with Gasteiger partial charge in [-0.25, -0.2) is 0 Å². The highest BCUT2D eigenvalue weighted by Gasteiger charge is 2.33. The van der Waals surface area contributed by atoms with Crippen LogP contribution in [0.25, 0.3) is 0 Å². The van der Waals surface area contributed by atoms with Gasteiger partial charge in [-0.2, -0.15) is 0 Å². The quantitative estimate of drug-likeness (QED) is 0.360. The fourth-order valence-electron chi connectivity index (χ4n) is 3.77. The van der Waals surface area contributed by atoms with Crippen molar-refractivity contribution in [3.63, 3.8) is 0 Å². The predicted molar refractivity (Wildman–Crippen MR) is 108 cm³/mol. The molecule has 1 saturated heterocycles. The van der Waals surface area contributed by atoms with Gasteiger partial charge in [-0.1, -0.05) is 25.0 Å². The second kappa shape index (κ2) is 10.1. The number of nitrogens with one attached hydrogen (secondary N) is 1. The maximum absolute atomic E-state index is 13.1. The van der Waals surface area contributed by atoms with Gasteiger partial charge >= 0.3 is 0 Å². The number of carbonyl (C=O) groups excluding carboxylic acids is 5. The summed E-state index contributed by atoms with van der Waals surface area (Å²) < 4.78 is 5.81. The number of aldehydes is 1. The molecule has 1 atom stereocenters. The molecule has 2 amide bonds. The fourth-order valence-corrected chi connectivity index (χ4v) is 3.77. The summed E-state index contributed by atoms with van der Waals surface area (Å²) in [5.74, 6) is -1.46. The van der Waals surface area contributed by atoms with E-state index in [4.69, 9.17) is 4.74 Å². The molecule has 1 N–H and O–H groups in total. The third-order valence-electron chi connectivity index (χ3n) is 5.41. The zero-order valence-electron chi connectivity index (χ0n) is 16.8. The Morgan fingerprint density at radius 3 is 2.63 bits per heavy atom. The molecule has 0 aromatic heterocycles. The minimum atomic E-state index is -0.508. The number of unbranched alkanes of at least 4 members (excludes halogenated alkanes) is 4. The number of ether oxygens (including phenoxy) is 1. The van der Waals surface area contributed by atoms with Crippen LogP contribution in [0.2, 0.25) is 0 Å². The number of hydrogen-bond acceptors (Lipinski definition) is 6. The zero-order chi connectivity index (χ0) is 21.5. The first-order valence-corrected chi connectivity index (χ1v) is 10.3. The van der Waals surface area contributed by atoms with E-state index in [1.165, 1.54) is 6.08 Å². The van der Waals surface area contributed by atoms with Gasteiger partial charge in [-0.05, 0) is 37.8 Å². The summed E-state index contributed by atoms with van der Waals surface area (Å²) in [6.45, 7) is 0.408. The van der Waals surface area contributed by atoms with E-state index in [0.29, 0.717) is 30.8 Å². The number of ketones is 2. The Balaban J connectivity index is 1.67. The first-order valence-electron chi connectivity index (χ1n) is 10.3. The Kier molecular flexibility index (Phi) is 7.27. The highest BCUT2D eigenvalue weighted by atomic mass is 16.5. The van der Waals surface area contributed by atoms with Gasteiger partial charge in [0.2, 0.25) is 11.8 Å². The van der Waals surface area contributed by atoms with Crippen LogP contribution in [0.3, 0.4) is 0 Å². The lowest BCUT2D eigenvalue weighted by Crippen LogP contribution is -2.41. The van der Waals surface area contributed by atoms with Gasteiger partial charge < -0.3 is 9.53 Å². The predicted octanol–water partition coefficient (Wildman–Crippen LogP) is 2.96. The molecule has 1 fully saturated rings. The molecule has 7 heteroatoms. The van der Waals surface area contributed by atoms with Crippen LogP contribution in [0.15, 0.2) is 29.8 Å². The van der Waals surface area contributed by atoms with Crippen molar-refractivity contribution in [2.75, 3.05) is 6.61 Å². The molecule has 2 aliphatic rings. The van der Waals surface area contributed by atoms with Crippen LogP contribution in [0.4, 0.5) is 0 Å². The number of Topliss-reactive ketones (excluding diaryl/α,β-unsaturated/α-hetero) is 1. The maximum Gasteiger partial charge on any atom is 0.230 e. The molecule has 1 aromatic carbocycles. The van der Waals surface area contributed by atoms with Crippen molar-refractivity contribution < 1.29 is 28.7 Å². The van der Waals surface area contributed by atoms with Crippen molar-refractivity contribution in [2.24, 2.45) is 5.92 Å². The SMILES string of the molecule is O=CCCCCCCOc1cccc2c1C(=O)C(CC1CCC(=O)NC1=O)=CC2=O. The lowest BCUT2D eigenvalue weighted by atomic mass is 9.82. The summed E-state index contributed by atoms with van der Waals surface area (Å²) in [5.41, 5.74) is 0.815. The van der Waals surface area contributed by atoms with Crippen molar-refractivity contribution >= 4 is 29.7 Å². The molecular formula is C23H25NO6. The molecule has 1 heterocycles. The van der Waals surface area contributed by atoms with E-state index in [1.807, 2.05) is 0 Å². The van der Waals surface area contributed by atoms with Crippen LogP contribution >= 0.6 is 0 Å². The molecule has 3 rings (SSSR count). The smallest absolute Gasteiger partial charge is 0.230 e. The van der Waals surface area contributed by atoms with E-state index in [0.717, 1.165) is 32.0 Å². The molecule has 1 unspecified atom stereocenters. The van der Waals surface area contributed by atoms with Crippen LogP contribution in [-0.2, 0) is 14.4 Å². The average Bonchev–Trinajstić information content (AvgIpc) is 2.73. The number of fused-ring (bicyclic) bond motifs is 1. The molecule has 0 spiro atoms. The third-order valence-corrected chi connectivity index (χ3v) is 5.41. The van der Waals surface area contributed by atoms with Crippen LogP contribution < -0.4 is 10.1 Å². The number of benzene rings is 1. The summed E-state index contributed by atoms with van der Waals surface area (Å²) in [5, 5.41) is 2.28. The summed E-state index contributed by atoms with van der Waals surface area (Å²) >= 11 is 0. The van der Waals surface area contributed by atoms with Gasteiger partial charge in [0.25, 0.3) is 0 Å².